The Kier molecular flexibility index (Phi) is 5.52. The summed E-state index contributed by atoms with van der Waals surface area (Å²) in [5.41, 5.74) is 10.1. The van der Waals surface area contributed by atoms with Crippen LogP contribution in [-0.4, -0.2) is 37.0 Å². The van der Waals surface area contributed by atoms with E-state index in [0.29, 0.717) is 36.1 Å². The van der Waals surface area contributed by atoms with Crippen molar-refractivity contribution in [1.29, 1.82) is 0 Å². The highest BCUT2D eigenvalue weighted by Crippen LogP contribution is 2.32. The summed E-state index contributed by atoms with van der Waals surface area (Å²) in [4.78, 5) is 19.0. The summed E-state index contributed by atoms with van der Waals surface area (Å²) in [5.74, 6) is 0.583. The first-order valence-corrected chi connectivity index (χ1v) is 7.76. The normalized spacial score (nSPS) is 14.9. The molecular weight excluding hydrogens is 302 g/mol. The second-order valence-electron chi connectivity index (χ2n) is 5.79. The zero-order valence-electron chi connectivity index (χ0n) is 12.9. The van der Waals surface area contributed by atoms with Crippen molar-refractivity contribution in [1.82, 2.24) is 4.90 Å². The van der Waals surface area contributed by atoms with Crippen molar-refractivity contribution < 1.29 is 4.79 Å². The Morgan fingerprint density at radius 2 is 2.05 bits per heavy atom. The number of hydrogen-bond acceptors (Lipinski definition) is 3. The summed E-state index contributed by atoms with van der Waals surface area (Å²) in [6, 6.07) is 5.30. The highest BCUT2D eigenvalue weighted by molar-refractivity contribution is 6.31. The van der Waals surface area contributed by atoms with E-state index in [1.807, 2.05) is 24.8 Å². The van der Waals surface area contributed by atoms with Crippen LogP contribution in [0.3, 0.4) is 0 Å². The molecule has 0 unspecified atom stereocenters. The summed E-state index contributed by atoms with van der Waals surface area (Å²) >= 11 is 5.95. The molecule has 0 radical (unpaired) electrons. The highest BCUT2D eigenvalue weighted by Gasteiger charge is 2.22. The molecule has 1 saturated heterocycles. The third-order valence-electron chi connectivity index (χ3n) is 3.65. The highest BCUT2D eigenvalue weighted by atomic mass is 35.5. The molecule has 0 aromatic heterocycles. The largest absolute Gasteiger partial charge is 0.368 e. The van der Waals surface area contributed by atoms with Gasteiger partial charge in [-0.2, -0.15) is 0 Å². The van der Waals surface area contributed by atoms with E-state index in [1.54, 1.807) is 12.1 Å². The van der Waals surface area contributed by atoms with E-state index < -0.39 is 0 Å². The first-order valence-electron chi connectivity index (χ1n) is 7.38. The number of piperazine rings is 1. The molecule has 0 atom stereocenters. The van der Waals surface area contributed by atoms with Crippen molar-refractivity contribution in [2.45, 2.75) is 20.3 Å². The van der Waals surface area contributed by atoms with Gasteiger partial charge in [0.05, 0.1) is 5.69 Å². The fraction of sp³-hybridized carbons (Fsp3) is 0.533. The molecule has 2 rings (SSSR count). The lowest BCUT2D eigenvalue weighted by molar-refractivity contribution is -0.132. The van der Waals surface area contributed by atoms with Crippen molar-refractivity contribution in [3.63, 3.8) is 0 Å². The first-order chi connectivity index (χ1) is 10.5. The van der Waals surface area contributed by atoms with Crippen LogP contribution in [0.2, 0.25) is 5.02 Å². The van der Waals surface area contributed by atoms with Gasteiger partial charge in [0.1, 0.15) is 0 Å². The number of rotatable bonds is 4. The quantitative estimate of drug-likeness (QED) is 0.478. The van der Waals surface area contributed by atoms with Gasteiger partial charge in [0.2, 0.25) is 5.91 Å². The first kappa shape index (κ1) is 16.5. The molecule has 6 nitrogen and oxygen atoms in total. The molecule has 1 aromatic carbocycles. The second kappa shape index (κ2) is 7.38. The van der Waals surface area contributed by atoms with E-state index in [-0.39, 0.29) is 5.91 Å². The Morgan fingerprint density at radius 1 is 1.36 bits per heavy atom. The summed E-state index contributed by atoms with van der Waals surface area (Å²) < 4.78 is 0. The van der Waals surface area contributed by atoms with Crippen LogP contribution in [0.4, 0.5) is 11.4 Å². The third-order valence-corrected chi connectivity index (χ3v) is 3.88. The van der Waals surface area contributed by atoms with Crippen LogP contribution in [0.25, 0.3) is 10.4 Å². The fourth-order valence-electron chi connectivity index (χ4n) is 2.57. The molecule has 118 valence electrons. The Morgan fingerprint density at radius 3 is 2.64 bits per heavy atom. The van der Waals surface area contributed by atoms with Gasteiger partial charge in [0.15, 0.2) is 0 Å². The van der Waals surface area contributed by atoms with Crippen molar-refractivity contribution in [2.75, 3.05) is 31.1 Å². The predicted octanol–water partition coefficient (Wildman–Crippen LogP) is 3.98. The smallest absolute Gasteiger partial charge is 0.222 e. The lowest BCUT2D eigenvalue weighted by atomic mass is 10.1. The monoisotopic (exact) mass is 321 g/mol. The van der Waals surface area contributed by atoms with Crippen molar-refractivity contribution in [3.05, 3.63) is 33.7 Å². The molecule has 0 bridgehead atoms. The van der Waals surface area contributed by atoms with Gasteiger partial charge < -0.3 is 9.80 Å². The molecule has 1 aromatic rings. The zero-order valence-corrected chi connectivity index (χ0v) is 13.6. The van der Waals surface area contributed by atoms with Gasteiger partial charge in [-0.1, -0.05) is 30.6 Å². The van der Waals surface area contributed by atoms with Crippen LogP contribution < -0.4 is 4.90 Å². The topological polar surface area (TPSA) is 72.3 Å². The number of carbonyl (C=O) groups excluding carboxylic acids is 1. The van der Waals surface area contributed by atoms with Crippen LogP contribution in [0.5, 0.6) is 0 Å². The van der Waals surface area contributed by atoms with Crippen LogP contribution >= 0.6 is 11.6 Å². The van der Waals surface area contributed by atoms with Crippen molar-refractivity contribution in [3.8, 4) is 0 Å². The molecule has 1 amide bonds. The SMILES string of the molecule is CC(C)CC(=O)N1CCN(c2ccc(Cl)cc2N=[N+]=[N-])CC1. The average Bonchev–Trinajstić information content (AvgIpc) is 2.47. The van der Waals surface area contributed by atoms with Gasteiger partial charge in [0.25, 0.3) is 0 Å². The minimum absolute atomic E-state index is 0.209. The van der Waals surface area contributed by atoms with Gasteiger partial charge in [-0.15, -0.1) is 0 Å². The lowest BCUT2D eigenvalue weighted by Gasteiger charge is -2.37. The standard InChI is InChI=1S/C15H20ClN5O/c1-11(2)9-15(22)21-7-5-20(6-8-21)14-4-3-12(16)10-13(14)18-19-17/h3-4,10-11H,5-9H2,1-2H3. The number of carbonyl (C=O) groups is 1. The molecule has 1 aliphatic rings. The van der Waals surface area contributed by atoms with E-state index >= 15 is 0 Å². The van der Waals surface area contributed by atoms with Crippen LogP contribution in [0, 0.1) is 5.92 Å². The van der Waals surface area contributed by atoms with Gasteiger partial charge in [-0.25, -0.2) is 0 Å². The van der Waals surface area contributed by atoms with Crippen molar-refractivity contribution >= 4 is 28.9 Å². The fourth-order valence-corrected chi connectivity index (χ4v) is 2.73. The van der Waals surface area contributed by atoms with Gasteiger partial charge in [-0.3, -0.25) is 4.79 Å². The predicted molar refractivity (Wildman–Crippen MR) is 88.5 cm³/mol. The van der Waals surface area contributed by atoms with Gasteiger partial charge >= 0.3 is 0 Å². The number of azide groups is 1. The Hall–Kier alpha value is -1.91. The van der Waals surface area contributed by atoms with E-state index in [9.17, 15) is 4.79 Å². The minimum atomic E-state index is 0.209. The molecule has 0 spiro atoms. The van der Waals surface area contributed by atoms with E-state index in [0.717, 1.165) is 18.8 Å². The maximum atomic E-state index is 12.1. The molecule has 0 saturated carbocycles. The van der Waals surface area contributed by atoms with E-state index in [4.69, 9.17) is 17.1 Å². The van der Waals surface area contributed by atoms with Gasteiger partial charge in [0, 0.05) is 48.2 Å². The maximum Gasteiger partial charge on any atom is 0.222 e. The van der Waals surface area contributed by atoms with Crippen LogP contribution in [0.1, 0.15) is 20.3 Å². The van der Waals surface area contributed by atoms with E-state index in [1.165, 1.54) is 0 Å². The maximum absolute atomic E-state index is 12.1. The molecule has 7 heteroatoms. The Balaban J connectivity index is 2.06. The molecule has 0 N–H and O–H groups in total. The second-order valence-corrected chi connectivity index (χ2v) is 6.22. The molecular formula is C15H20ClN5O. The minimum Gasteiger partial charge on any atom is -0.368 e. The number of anilines is 1. The summed E-state index contributed by atoms with van der Waals surface area (Å²) in [7, 11) is 0. The van der Waals surface area contributed by atoms with E-state index in [2.05, 4.69) is 14.9 Å². The van der Waals surface area contributed by atoms with Crippen LogP contribution in [-0.2, 0) is 4.79 Å². The summed E-state index contributed by atoms with van der Waals surface area (Å²) in [6.45, 7) is 6.91. The van der Waals surface area contributed by atoms with Crippen LogP contribution in [0.15, 0.2) is 23.3 Å². The van der Waals surface area contributed by atoms with Crippen molar-refractivity contribution in [2.24, 2.45) is 11.0 Å². The molecule has 1 heterocycles. The molecule has 1 aliphatic heterocycles. The number of halogens is 1. The zero-order chi connectivity index (χ0) is 16.1. The summed E-state index contributed by atoms with van der Waals surface area (Å²) in [5, 5.41) is 4.25. The molecule has 22 heavy (non-hydrogen) atoms. The molecule has 0 aliphatic carbocycles. The third kappa shape index (κ3) is 4.06. The number of amides is 1. The number of hydrogen-bond donors (Lipinski definition) is 0. The lowest BCUT2D eigenvalue weighted by Crippen LogP contribution is -2.49. The average molecular weight is 322 g/mol. The number of nitrogens with zero attached hydrogens (tertiary/aromatic N) is 5. The number of benzene rings is 1. The summed E-state index contributed by atoms with van der Waals surface area (Å²) in [6.07, 6.45) is 0.588. The molecule has 1 fully saturated rings. The Bertz CT molecular complexity index is 590. The Labute approximate surface area is 135 Å². The van der Waals surface area contributed by atoms with Gasteiger partial charge in [-0.05, 0) is 29.6 Å².